The van der Waals surface area contributed by atoms with E-state index in [0.717, 1.165) is 20.8 Å². The van der Waals surface area contributed by atoms with E-state index in [1.807, 2.05) is 12.1 Å². The summed E-state index contributed by atoms with van der Waals surface area (Å²) in [5.74, 6) is -2.24. The summed E-state index contributed by atoms with van der Waals surface area (Å²) in [5.41, 5.74) is -0.284. The van der Waals surface area contributed by atoms with Crippen molar-refractivity contribution in [2.75, 3.05) is 5.32 Å². The lowest BCUT2D eigenvalue weighted by Crippen LogP contribution is -2.28. The molecular weight excluding hydrogens is 363 g/mol. The van der Waals surface area contributed by atoms with Crippen molar-refractivity contribution < 1.29 is 19.1 Å². The minimum Gasteiger partial charge on any atom is -0.478 e. The van der Waals surface area contributed by atoms with Gasteiger partial charge in [-0.05, 0) is 46.3 Å². The van der Waals surface area contributed by atoms with Gasteiger partial charge in [0, 0.05) is 10.6 Å². The predicted octanol–water partition coefficient (Wildman–Crippen LogP) is 3.67. The van der Waals surface area contributed by atoms with Crippen molar-refractivity contribution in [3.63, 3.8) is 0 Å². The number of nitrogens with one attached hydrogen (secondary N) is 2. The van der Waals surface area contributed by atoms with Crippen molar-refractivity contribution in [3.8, 4) is 0 Å². The van der Waals surface area contributed by atoms with Crippen LogP contribution in [0.4, 0.5) is 14.9 Å². The summed E-state index contributed by atoms with van der Waals surface area (Å²) >= 11 is 4.81. The molecule has 2 rings (SSSR count). The fourth-order valence-electron chi connectivity index (χ4n) is 1.56. The average molecular weight is 373 g/mol. The summed E-state index contributed by atoms with van der Waals surface area (Å²) in [7, 11) is 0. The fraction of sp³-hybridized carbons (Fsp3) is 0.0769. The van der Waals surface area contributed by atoms with Gasteiger partial charge in [0.15, 0.2) is 0 Å². The number of rotatable bonds is 4. The smallest absolute Gasteiger partial charge is 0.338 e. The van der Waals surface area contributed by atoms with Crippen LogP contribution in [0.15, 0.2) is 34.1 Å². The normalized spacial score (nSPS) is 10.2. The quantitative estimate of drug-likeness (QED) is 0.765. The van der Waals surface area contributed by atoms with Gasteiger partial charge in [0.05, 0.1) is 15.9 Å². The molecule has 0 aliphatic heterocycles. The highest BCUT2D eigenvalue weighted by Gasteiger charge is 2.12. The van der Waals surface area contributed by atoms with Crippen molar-refractivity contribution in [1.29, 1.82) is 0 Å². The Morgan fingerprint density at radius 1 is 1.29 bits per heavy atom. The Balaban J connectivity index is 1.96. The Hall–Kier alpha value is -1.93. The van der Waals surface area contributed by atoms with E-state index in [2.05, 4.69) is 26.6 Å². The second-order valence-electron chi connectivity index (χ2n) is 4.01. The van der Waals surface area contributed by atoms with Crippen molar-refractivity contribution in [2.24, 2.45) is 0 Å². The minimum absolute atomic E-state index is 0.207. The largest absolute Gasteiger partial charge is 0.478 e. The van der Waals surface area contributed by atoms with Gasteiger partial charge in [0.1, 0.15) is 5.82 Å². The van der Waals surface area contributed by atoms with E-state index in [0.29, 0.717) is 6.54 Å². The first-order valence-corrected chi connectivity index (χ1v) is 7.38. The van der Waals surface area contributed by atoms with Gasteiger partial charge in [-0.15, -0.1) is 11.3 Å². The molecule has 1 aromatic carbocycles. The third kappa shape index (κ3) is 4.27. The van der Waals surface area contributed by atoms with Crippen LogP contribution in [0, 0.1) is 5.82 Å². The molecule has 2 aromatic rings. The molecule has 0 fully saturated rings. The van der Waals surface area contributed by atoms with Crippen molar-refractivity contribution in [2.45, 2.75) is 6.54 Å². The van der Waals surface area contributed by atoms with Gasteiger partial charge in [-0.3, -0.25) is 0 Å². The van der Waals surface area contributed by atoms with E-state index in [-0.39, 0.29) is 5.69 Å². The molecule has 0 saturated carbocycles. The number of benzene rings is 1. The number of hydrogen-bond donors (Lipinski definition) is 3. The highest BCUT2D eigenvalue weighted by atomic mass is 79.9. The summed E-state index contributed by atoms with van der Waals surface area (Å²) in [6.45, 7) is 0.342. The van der Waals surface area contributed by atoms with Crippen LogP contribution in [-0.2, 0) is 6.54 Å². The maximum Gasteiger partial charge on any atom is 0.338 e. The van der Waals surface area contributed by atoms with E-state index < -0.39 is 23.4 Å². The van der Waals surface area contributed by atoms with Crippen LogP contribution in [0.2, 0.25) is 0 Å². The molecule has 0 saturated heterocycles. The van der Waals surface area contributed by atoms with Gasteiger partial charge in [0.2, 0.25) is 0 Å². The van der Waals surface area contributed by atoms with Gasteiger partial charge >= 0.3 is 12.0 Å². The van der Waals surface area contributed by atoms with Gasteiger partial charge in [-0.1, -0.05) is 0 Å². The number of aromatic carboxylic acids is 1. The number of carboxylic acid groups (broad SMARTS) is 1. The van der Waals surface area contributed by atoms with Crippen LogP contribution in [0.1, 0.15) is 15.2 Å². The second kappa shape index (κ2) is 6.68. The van der Waals surface area contributed by atoms with Crippen molar-refractivity contribution in [1.82, 2.24) is 5.32 Å². The minimum atomic E-state index is -1.39. The number of amides is 2. The summed E-state index contributed by atoms with van der Waals surface area (Å²) in [5, 5.41) is 13.9. The van der Waals surface area contributed by atoms with Gasteiger partial charge in [0.25, 0.3) is 0 Å². The van der Waals surface area contributed by atoms with Crippen LogP contribution in [0.25, 0.3) is 0 Å². The molecule has 3 N–H and O–H groups in total. The highest BCUT2D eigenvalue weighted by Crippen LogP contribution is 2.21. The molecule has 0 radical (unpaired) electrons. The van der Waals surface area contributed by atoms with Crippen LogP contribution < -0.4 is 10.6 Å². The standard InChI is InChI=1S/C13H10BrFN2O3S/c14-11-4-2-8(21-11)6-16-13(20)17-7-1-3-10(15)9(5-7)12(18)19/h1-5H,6H2,(H,18,19)(H2,16,17,20). The summed E-state index contributed by atoms with van der Waals surface area (Å²) in [6, 6.07) is 6.61. The maximum absolute atomic E-state index is 13.2. The highest BCUT2D eigenvalue weighted by molar-refractivity contribution is 9.11. The third-order valence-corrected chi connectivity index (χ3v) is 4.13. The number of thiophene rings is 1. The second-order valence-corrected chi connectivity index (χ2v) is 6.56. The lowest BCUT2D eigenvalue weighted by Gasteiger charge is -2.07. The van der Waals surface area contributed by atoms with Crippen LogP contribution in [-0.4, -0.2) is 17.1 Å². The Morgan fingerprint density at radius 3 is 2.67 bits per heavy atom. The lowest BCUT2D eigenvalue weighted by molar-refractivity contribution is 0.0692. The van der Waals surface area contributed by atoms with Gasteiger partial charge < -0.3 is 15.7 Å². The predicted molar refractivity (Wildman–Crippen MR) is 81.2 cm³/mol. The summed E-state index contributed by atoms with van der Waals surface area (Å²) in [6.07, 6.45) is 0. The molecule has 0 spiro atoms. The zero-order valence-corrected chi connectivity index (χ0v) is 12.9. The molecule has 1 aromatic heterocycles. The first-order chi connectivity index (χ1) is 9.95. The third-order valence-electron chi connectivity index (χ3n) is 2.51. The maximum atomic E-state index is 13.2. The van der Waals surface area contributed by atoms with E-state index in [1.54, 1.807) is 0 Å². The number of carbonyl (C=O) groups excluding carboxylic acids is 1. The molecule has 21 heavy (non-hydrogen) atoms. The van der Waals surface area contributed by atoms with Crippen LogP contribution in [0.5, 0.6) is 0 Å². The van der Waals surface area contributed by atoms with Crippen LogP contribution in [0.3, 0.4) is 0 Å². The zero-order chi connectivity index (χ0) is 15.4. The molecule has 110 valence electrons. The van der Waals surface area contributed by atoms with E-state index >= 15 is 0 Å². The number of halogens is 2. The molecule has 0 aliphatic carbocycles. The first-order valence-electron chi connectivity index (χ1n) is 5.77. The number of carboxylic acids is 1. The Morgan fingerprint density at radius 2 is 2.05 bits per heavy atom. The Kier molecular flexibility index (Phi) is 4.92. The topological polar surface area (TPSA) is 78.4 Å². The molecular formula is C13H10BrFN2O3S. The molecule has 2 amide bonds. The lowest BCUT2D eigenvalue weighted by atomic mass is 10.2. The Labute approximate surface area is 131 Å². The summed E-state index contributed by atoms with van der Waals surface area (Å²) < 4.78 is 14.2. The SMILES string of the molecule is O=C(NCc1ccc(Br)s1)Nc1ccc(F)c(C(=O)O)c1. The summed E-state index contributed by atoms with van der Waals surface area (Å²) in [4.78, 5) is 23.5. The molecule has 8 heteroatoms. The monoisotopic (exact) mass is 372 g/mol. The van der Waals surface area contributed by atoms with Crippen LogP contribution >= 0.6 is 27.3 Å². The van der Waals surface area contributed by atoms with Crippen molar-refractivity contribution in [3.05, 3.63) is 50.4 Å². The van der Waals surface area contributed by atoms with Crippen molar-refractivity contribution >= 4 is 45.0 Å². The number of anilines is 1. The van der Waals surface area contributed by atoms with Gasteiger partial charge in [-0.2, -0.15) is 0 Å². The molecule has 0 aliphatic rings. The Bertz CT molecular complexity index is 690. The molecule has 0 atom stereocenters. The van der Waals surface area contributed by atoms with E-state index in [1.165, 1.54) is 17.4 Å². The number of hydrogen-bond acceptors (Lipinski definition) is 3. The fourth-order valence-corrected chi connectivity index (χ4v) is 2.98. The average Bonchev–Trinajstić information content (AvgIpc) is 2.84. The van der Waals surface area contributed by atoms with E-state index in [4.69, 9.17) is 5.11 Å². The molecule has 5 nitrogen and oxygen atoms in total. The molecule has 0 unspecified atom stereocenters. The van der Waals surface area contributed by atoms with E-state index in [9.17, 15) is 14.0 Å². The number of urea groups is 1. The molecule has 0 bridgehead atoms. The number of carbonyl (C=O) groups is 2. The first kappa shape index (κ1) is 15.5. The molecule has 1 heterocycles. The van der Waals surface area contributed by atoms with Gasteiger partial charge in [-0.25, -0.2) is 14.0 Å². The zero-order valence-electron chi connectivity index (χ0n) is 10.5.